The molecule has 8 heteroatoms. The van der Waals surface area contributed by atoms with Crippen LogP contribution in [0.5, 0.6) is 0 Å². The Balaban J connectivity index is 1.58. The predicted octanol–water partition coefficient (Wildman–Crippen LogP) is 2.09. The van der Waals surface area contributed by atoms with Gasteiger partial charge in [-0.3, -0.25) is 9.59 Å². The normalized spacial score (nSPS) is 20.6. The third-order valence-electron chi connectivity index (χ3n) is 6.33. The Morgan fingerprint density at radius 3 is 2.45 bits per heavy atom. The van der Waals surface area contributed by atoms with Crippen molar-refractivity contribution >= 4 is 35.2 Å². The lowest BCUT2D eigenvalue weighted by Gasteiger charge is -2.27. The number of hydrogen-bond acceptors (Lipinski definition) is 4. The number of benzene rings is 1. The first-order valence-electron chi connectivity index (χ1n) is 11.4. The highest BCUT2D eigenvalue weighted by molar-refractivity contribution is 6.26. The van der Waals surface area contributed by atoms with Gasteiger partial charge in [0, 0.05) is 13.1 Å². The minimum atomic E-state index is -0.638. The molecule has 1 fully saturated rings. The van der Waals surface area contributed by atoms with Gasteiger partial charge >= 0.3 is 11.9 Å². The van der Waals surface area contributed by atoms with Crippen molar-refractivity contribution in [2.24, 2.45) is 5.92 Å². The number of carbonyl (C=O) groups is 4. The summed E-state index contributed by atoms with van der Waals surface area (Å²) in [6, 6.07) is 6.34. The number of likely N-dealkylation sites (N-methyl/N-ethyl adjacent to an activating group) is 1. The molecule has 3 aliphatic rings. The Hall–Kier alpha value is -3.55. The first-order valence-corrected chi connectivity index (χ1v) is 11.4. The molecule has 0 saturated heterocycles. The Morgan fingerprint density at radius 2 is 1.76 bits per heavy atom. The van der Waals surface area contributed by atoms with Gasteiger partial charge in [-0.05, 0) is 36.6 Å². The van der Waals surface area contributed by atoms with Crippen LogP contribution in [-0.2, 0) is 20.8 Å². The summed E-state index contributed by atoms with van der Waals surface area (Å²) in [5, 5.41) is 5.62. The average molecular weight is 450 g/mol. The number of hydrogen-bond donors (Lipinski definition) is 2. The first kappa shape index (κ1) is 22.6. The molecular weight excluding hydrogens is 420 g/mol. The summed E-state index contributed by atoms with van der Waals surface area (Å²) in [7, 11) is 1.57. The zero-order valence-corrected chi connectivity index (χ0v) is 18.8. The number of fused-ring (bicyclic) bond motifs is 1. The van der Waals surface area contributed by atoms with E-state index in [4.69, 9.17) is 0 Å². The van der Waals surface area contributed by atoms with E-state index in [1.165, 1.54) is 11.0 Å². The number of nitrogens with zero attached hydrogens (tertiary/aromatic N) is 2. The van der Waals surface area contributed by atoms with E-state index in [1.807, 2.05) is 0 Å². The quantitative estimate of drug-likeness (QED) is 0.650. The lowest BCUT2D eigenvalue weighted by atomic mass is 9.94. The van der Waals surface area contributed by atoms with Gasteiger partial charge in [0.05, 0.1) is 6.42 Å². The fraction of sp³-hybridized carbons (Fsp3) is 0.400. The highest BCUT2D eigenvalue weighted by atomic mass is 16.2. The molecular formula is C25H29N4O4+. The first-order chi connectivity index (χ1) is 16.0. The Kier molecular flexibility index (Phi) is 6.82. The maximum atomic E-state index is 13.4. The molecule has 1 heterocycles. The van der Waals surface area contributed by atoms with E-state index < -0.39 is 11.9 Å². The second kappa shape index (κ2) is 9.94. The van der Waals surface area contributed by atoms with Crippen LogP contribution in [0.2, 0.25) is 0 Å². The van der Waals surface area contributed by atoms with Gasteiger partial charge in [-0.15, -0.1) is 4.90 Å². The van der Waals surface area contributed by atoms with Gasteiger partial charge in [-0.25, -0.2) is 4.79 Å². The summed E-state index contributed by atoms with van der Waals surface area (Å²) in [5.74, 6) is -1.35. The third-order valence-corrected chi connectivity index (χ3v) is 6.33. The van der Waals surface area contributed by atoms with Gasteiger partial charge in [-0.1, -0.05) is 49.6 Å². The fourth-order valence-electron chi connectivity index (χ4n) is 4.56. The zero-order chi connectivity index (χ0) is 23.4. The molecule has 5 amide bonds. The summed E-state index contributed by atoms with van der Waals surface area (Å²) in [6.45, 7) is -0.141. The van der Waals surface area contributed by atoms with Gasteiger partial charge in [0.2, 0.25) is 5.91 Å². The average Bonchev–Trinajstić information content (AvgIpc) is 2.83. The second-order valence-corrected chi connectivity index (χ2v) is 8.61. The van der Waals surface area contributed by atoms with E-state index in [-0.39, 0.29) is 36.7 Å². The number of rotatable bonds is 6. The van der Waals surface area contributed by atoms with Crippen molar-refractivity contribution in [2.75, 3.05) is 18.5 Å². The van der Waals surface area contributed by atoms with Crippen LogP contribution in [0.15, 0.2) is 48.6 Å². The van der Waals surface area contributed by atoms with Crippen LogP contribution in [0.3, 0.4) is 0 Å². The minimum Gasteiger partial charge on any atom is -0.359 e. The molecule has 2 aliphatic carbocycles. The lowest BCUT2D eigenvalue weighted by Crippen LogP contribution is -2.56. The highest BCUT2D eigenvalue weighted by Crippen LogP contribution is 2.26. The Morgan fingerprint density at radius 1 is 1.03 bits per heavy atom. The number of allylic oxidation sites excluding steroid dienone is 3. The minimum absolute atomic E-state index is 0.124. The van der Waals surface area contributed by atoms with Crippen LogP contribution in [-0.4, -0.2) is 53.7 Å². The monoisotopic (exact) mass is 449 g/mol. The molecule has 1 aliphatic heterocycles. The third kappa shape index (κ3) is 4.94. The van der Waals surface area contributed by atoms with Crippen LogP contribution in [0.4, 0.5) is 10.5 Å². The number of amides is 5. The SMILES string of the molecule is CNC(=O)Cc1ccc(N2C(=O)C3C=CC=CC3=[N+](CC(=O)NC3CCCCC3)C2=O)cc1. The van der Waals surface area contributed by atoms with Crippen molar-refractivity contribution in [3.63, 3.8) is 0 Å². The molecule has 0 bridgehead atoms. The molecule has 4 rings (SSSR count). The molecule has 1 atom stereocenters. The van der Waals surface area contributed by atoms with Crippen LogP contribution < -0.4 is 15.5 Å². The number of nitrogens with one attached hydrogen (secondary N) is 2. The maximum absolute atomic E-state index is 13.4. The van der Waals surface area contributed by atoms with Gasteiger partial charge < -0.3 is 10.6 Å². The summed E-state index contributed by atoms with van der Waals surface area (Å²) in [6.07, 6.45) is 12.5. The molecule has 1 unspecified atom stereocenters. The van der Waals surface area contributed by atoms with Crippen LogP contribution in [0, 0.1) is 5.92 Å². The molecule has 0 radical (unpaired) electrons. The van der Waals surface area contributed by atoms with E-state index >= 15 is 0 Å². The van der Waals surface area contributed by atoms with Crippen molar-refractivity contribution in [3.8, 4) is 0 Å². The summed E-state index contributed by atoms with van der Waals surface area (Å²) < 4.78 is 1.39. The molecule has 1 saturated carbocycles. The smallest absolute Gasteiger partial charge is 0.359 e. The van der Waals surface area contributed by atoms with E-state index in [0.29, 0.717) is 11.4 Å². The summed E-state index contributed by atoms with van der Waals surface area (Å²) in [5.41, 5.74) is 1.69. The van der Waals surface area contributed by atoms with Crippen molar-refractivity contribution in [1.82, 2.24) is 10.6 Å². The molecule has 172 valence electrons. The topological polar surface area (TPSA) is 98.6 Å². The van der Waals surface area contributed by atoms with Gasteiger partial charge in [0.25, 0.3) is 5.91 Å². The van der Waals surface area contributed by atoms with Crippen molar-refractivity contribution in [2.45, 2.75) is 44.6 Å². The van der Waals surface area contributed by atoms with Gasteiger partial charge in [0.1, 0.15) is 17.3 Å². The molecule has 33 heavy (non-hydrogen) atoms. The van der Waals surface area contributed by atoms with E-state index in [2.05, 4.69) is 10.6 Å². The molecule has 8 nitrogen and oxygen atoms in total. The van der Waals surface area contributed by atoms with Crippen molar-refractivity contribution in [1.29, 1.82) is 0 Å². The van der Waals surface area contributed by atoms with Gasteiger partial charge in [-0.2, -0.15) is 9.37 Å². The van der Waals surface area contributed by atoms with Gasteiger partial charge in [0.15, 0.2) is 6.54 Å². The molecule has 0 spiro atoms. The highest BCUT2D eigenvalue weighted by Gasteiger charge is 2.48. The van der Waals surface area contributed by atoms with Crippen LogP contribution in [0.1, 0.15) is 37.7 Å². The van der Waals surface area contributed by atoms with Crippen LogP contribution in [0.25, 0.3) is 0 Å². The van der Waals surface area contributed by atoms with Crippen LogP contribution >= 0.6 is 0 Å². The number of urea groups is 1. The number of anilines is 1. The molecule has 2 N–H and O–H groups in total. The summed E-state index contributed by atoms with van der Waals surface area (Å²) in [4.78, 5) is 52.2. The molecule has 0 aromatic heterocycles. The van der Waals surface area contributed by atoms with Crippen molar-refractivity contribution in [3.05, 3.63) is 54.1 Å². The standard InChI is InChI=1S/C25H28N4O4/c1-26-22(30)15-17-11-13-19(14-12-17)29-24(32)20-9-5-6-10-21(20)28(25(29)33)16-23(31)27-18-7-3-2-4-8-18/h5-6,9-14,18,20H,2-4,7-8,15-16H2,1H3,(H-,26,27,30,31)/p+1. The Labute approximate surface area is 193 Å². The summed E-state index contributed by atoms with van der Waals surface area (Å²) >= 11 is 0. The second-order valence-electron chi connectivity index (χ2n) is 8.61. The predicted molar refractivity (Wildman–Crippen MR) is 124 cm³/mol. The van der Waals surface area contributed by atoms with E-state index in [9.17, 15) is 19.2 Å². The lowest BCUT2D eigenvalue weighted by molar-refractivity contribution is -0.417. The number of carbonyl (C=O) groups excluding carboxylic acids is 4. The largest absolute Gasteiger partial charge is 0.506 e. The number of imide groups is 1. The maximum Gasteiger partial charge on any atom is 0.506 e. The zero-order valence-electron chi connectivity index (χ0n) is 18.8. The molecule has 1 aromatic carbocycles. The molecule has 1 aromatic rings. The van der Waals surface area contributed by atoms with Crippen molar-refractivity contribution < 1.29 is 23.8 Å². The fourth-order valence-corrected chi connectivity index (χ4v) is 4.56. The van der Waals surface area contributed by atoms with E-state index in [1.54, 1.807) is 55.6 Å². The van der Waals surface area contributed by atoms with E-state index in [0.717, 1.165) is 36.1 Å². The Bertz CT molecular complexity index is 1050.